The predicted octanol–water partition coefficient (Wildman–Crippen LogP) is 6.66. The quantitative estimate of drug-likeness (QED) is 0.225. The minimum Gasteiger partial charge on any atom is -0.467 e. The number of ether oxygens (including phenoxy) is 2. The van der Waals surface area contributed by atoms with E-state index in [1.165, 1.54) is 49.3 Å². The Hall–Kier alpha value is -4.40. The van der Waals surface area contributed by atoms with E-state index < -0.39 is 0 Å². The first-order valence-corrected chi connectivity index (χ1v) is 17.3. The summed E-state index contributed by atoms with van der Waals surface area (Å²) in [5.41, 5.74) is 4.31. The summed E-state index contributed by atoms with van der Waals surface area (Å²) >= 11 is 3.75. The average molecular weight is 715 g/mol. The number of carbonyl (C=O) groups excluding carboxylic acids is 1. The van der Waals surface area contributed by atoms with Gasteiger partial charge in [-0.2, -0.15) is 15.2 Å². The topological polar surface area (TPSA) is 98.1 Å². The highest BCUT2D eigenvalue weighted by Crippen LogP contribution is 2.37. The molecule has 0 saturated carbocycles. The number of hydrogen-bond donors (Lipinski definition) is 0. The molecule has 252 valence electrons. The Labute approximate surface area is 292 Å². The monoisotopic (exact) mass is 713 g/mol. The lowest BCUT2D eigenvalue weighted by molar-refractivity contribution is 0.0941. The highest BCUT2D eigenvalue weighted by Gasteiger charge is 2.29. The highest BCUT2D eigenvalue weighted by molar-refractivity contribution is 9.10. The molecule has 7 rings (SSSR count). The van der Waals surface area contributed by atoms with Gasteiger partial charge in [-0.15, -0.1) is 0 Å². The van der Waals surface area contributed by atoms with Crippen LogP contribution in [0.3, 0.4) is 0 Å². The van der Waals surface area contributed by atoms with Crippen LogP contribution in [0.4, 0.5) is 16.3 Å². The summed E-state index contributed by atoms with van der Waals surface area (Å²) in [5.74, 6) is 0.910. The highest BCUT2D eigenvalue weighted by atomic mass is 79.9. The molecule has 0 bridgehead atoms. The number of likely N-dealkylation sites (tertiary alicyclic amines) is 1. The van der Waals surface area contributed by atoms with Gasteiger partial charge >= 0.3 is 12.1 Å². The Morgan fingerprint density at radius 3 is 2.23 bits per heavy atom. The molecule has 0 N–H and O–H groups in total. The first-order chi connectivity index (χ1) is 23.4. The molecule has 1 aromatic heterocycles. The van der Waals surface area contributed by atoms with Crippen LogP contribution in [-0.4, -0.2) is 85.8 Å². The Morgan fingerprint density at radius 2 is 1.58 bits per heavy atom. The lowest BCUT2D eigenvalue weighted by atomic mass is 10.0. The molecule has 3 aromatic carbocycles. The number of halogens is 1. The van der Waals surface area contributed by atoms with Gasteiger partial charge in [0.25, 0.3) is 0 Å². The molecule has 0 unspecified atom stereocenters. The van der Waals surface area contributed by atoms with Crippen molar-refractivity contribution >= 4 is 44.3 Å². The van der Waals surface area contributed by atoms with Gasteiger partial charge in [-0.3, -0.25) is 0 Å². The molecule has 10 nitrogen and oxygen atoms in total. The number of aromatic nitrogens is 2. The second-order valence-electron chi connectivity index (χ2n) is 12.0. The third-order valence-electron chi connectivity index (χ3n) is 8.75. The SMILES string of the molecule is CC#N.CN1CCCC1.COc1nc2c(c(N3CCN(C(=O)OCc4ccccc4)CC3)n1)CCN(c1cccc3cccc(Br)c13)C2. The van der Waals surface area contributed by atoms with Crippen LogP contribution in [0, 0.1) is 11.3 Å². The second kappa shape index (κ2) is 17.1. The van der Waals surface area contributed by atoms with E-state index in [-0.39, 0.29) is 12.7 Å². The van der Waals surface area contributed by atoms with Crippen molar-refractivity contribution in [3.8, 4) is 12.1 Å². The van der Waals surface area contributed by atoms with Crippen molar-refractivity contribution in [3.05, 3.63) is 88.0 Å². The van der Waals surface area contributed by atoms with Gasteiger partial charge < -0.3 is 29.1 Å². The van der Waals surface area contributed by atoms with Crippen LogP contribution in [0.1, 0.15) is 36.6 Å². The van der Waals surface area contributed by atoms with E-state index in [0.29, 0.717) is 38.7 Å². The van der Waals surface area contributed by atoms with Crippen LogP contribution in [0.15, 0.2) is 71.2 Å². The van der Waals surface area contributed by atoms with E-state index in [1.54, 1.807) is 18.1 Å². The molecule has 0 atom stereocenters. The van der Waals surface area contributed by atoms with Gasteiger partial charge in [-0.25, -0.2) is 4.79 Å². The Morgan fingerprint density at radius 1 is 0.896 bits per heavy atom. The van der Waals surface area contributed by atoms with Crippen LogP contribution in [0.2, 0.25) is 0 Å². The Bertz CT molecular complexity index is 1700. The van der Waals surface area contributed by atoms with Crippen molar-refractivity contribution in [1.29, 1.82) is 5.26 Å². The van der Waals surface area contributed by atoms with Gasteiger partial charge in [0.2, 0.25) is 0 Å². The molecule has 3 aliphatic heterocycles. The number of hydrogen-bond acceptors (Lipinski definition) is 9. The maximum Gasteiger partial charge on any atom is 0.410 e. The largest absolute Gasteiger partial charge is 0.467 e. The minimum atomic E-state index is -0.280. The van der Waals surface area contributed by atoms with Gasteiger partial charge in [0.05, 0.1) is 25.4 Å². The van der Waals surface area contributed by atoms with Gasteiger partial charge in [-0.1, -0.05) is 70.5 Å². The summed E-state index contributed by atoms with van der Waals surface area (Å²) in [6.07, 6.45) is 3.37. The summed E-state index contributed by atoms with van der Waals surface area (Å²) in [6, 6.07) is 24.6. The maximum absolute atomic E-state index is 12.7. The average Bonchev–Trinajstić information content (AvgIpc) is 3.61. The number of rotatable bonds is 5. The van der Waals surface area contributed by atoms with Crippen molar-refractivity contribution in [3.63, 3.8) is 0 Å². The molecule has 1 amide bonds. The fourth-order valence-electron chi connectivity index (χ4n) is 6.27. The van der Waals surface area contributed by atoms with Crippen LogP contribution in [0.5, 0.6) is 6.01 Å². The fraction of sp³-hybridized carbons (Fsp3) is 0.405. The lowest BCUT2D eigenvalue weighted by Gasteiger charge is -2.38. The second-order valence-corrected chi connectivity index (χ2v) is 12.8. The number of fused-ring (bicyclic) bond motifs is 2. The van der Waals surface area contributed by atoms with Crippen molar-refractivity contribution in [2.45, 2.75) is 39.3 Å². The van der Waals surface area contributed by atoms with E-state index >= 15 is 0 Å². The zero-order valence-corrected chi connectivity index (χ0v) is 29.7. The molecule has 2 fully saturated rings. The van der Waals surface area contributed by atoms with Crippen molar-refractivity contribution in [2.75, 3.05) is 69.8 Å². The van der Waals surface area contributed by atoms with Gasteiger partial charge in [-0.05, 0) is 62.5 Å². The van der Waals surface area contributed by atoms with Crippen molar-refractivity contribution in [1.82, 2.24) is 19.8 Å². The smallest absolute Gasteiger partial charge is 0.410 e. The maximum atomic E-state index is 12.7. The third-order valence-corrected chi connectivity index (χ3v) is 9.41. The molecule has 4 heterocycles. The number of nitriles is 1. The summed E-state index contributed by atoms with van der Waals surface area (Å²) in [5, 5.41) is 9.73. The normalized spacial score (nSPS) is 15.8. The molecule has 4 aromatic rings. The fourth-order valence-corrected chi connectivity index (χ4v) is 6.86. The molecule has 0 radical (unpaired) electrons. The van der Waals surface area contributed by atoms with Crippen molar-refractivity contribution < 1.29 is 14.3 Å². The molecular weight excluding hydrogens is 670 g/mol. The predicted molar refractivity (Wildman–Crippen MR) is 193 cm³/mol. The van der Waals surface area contributed by atoms with E-state index in [1.807, 2.05) is 30.3 Å². The third kappa shape index (κ3) is 8.74. The van der Waals surface area contributed by atoms with Crippen LogP contribution in [0.25, 0.3) is 10.8 Å². The van der Waals surface area contributed by atoms with Gasteiger partial charge in [0.15, 0.2) is 0 Å². The molecule has 3 aliphatic rings. The van der Waals surface area contributed by atoms with Crippen molar-refractivity contribution in [2.24, 2.45) is 0 Å². The van der Waals surface area contributed by atoms with E-state index in [4.69, 9.17) is 24.7 Å². The molecule has 2 saturated heterocycles. The van der Waals surface area contributed by atoms with Crippen LogP contribution >= 0.6 is 15.9 Å². The molecule has 11 heteroatoms. The Kier molecular flexibility index (Phi) is 12.5. The Balaban J connectivity index is 0.000000440. The number of carbonyl (C=O) groups is 1. The van der Waals surface area contributed by atoms with Gasteiger partial charge in [0.1, 0.15) is 12.4 Å². The van der Waals surface area contributed by atoms with E-state index in [0.717, 1.165) is 40.1 Å². The molecule has 0 spiro atoms. The number of benzene rings is 3. The van der Waals surface area contributed by atoms with Crippen LogP contribution < -0.4 is 14.5 Å². The molecule has 48 heavy (non-hydrogen) atoms. The van der Waals surface area contributed by atoms with Crippen LogP contribution in [-0.2, 0) is 24.3 Å². The summed E-state index contributed by atoms with van der Waals surface area (Å²) in [7, 11) is 3.78. The zero-order chi connectivity index (χ0) is 33.9. The van der Waals surface area contributed by atoms with E-state index in [2.05, 4.69) is 74.1 Å². The number of anilines is 2. The molecule has 0 aliphatic carbocycles. The standard InChI is InChI=1S/C30H30BrN5O3.C5H11N.C2H3N/c1-38-29-32-25-19-36(26-12-6-10-22-9-5-11-24(31)27(22)26)14-13-23(25)28(33-29)34-15-17-35(18-16-34)30(37)39-20-21-7-3-2-4-8-21;1-6-4-2-3-5-6;1-2-3/h2-12H,13-20H2,1H3;2-5H2,1H3;1H3. The summed E-state index contributed by atoms with van der Waals surface area (Å²) in [4.78, 5) is 31.0. The first kappa shape index (κ1) is 34.9. The van der Waals surface area contributed by atoms with E-state index in [9.17, 15) is 4.79 Å². The zero-order valence-electron chi connectivity index (χ0n) is 28.1. The number of nitrogens with zero attached hydrogens (tertiary/aromatic N) is 7. The number of amides is 1. The van der Waals surface area contributed by atoms with Gasteiger partial charge in [0, 0.05) is 60.8 Å². The summed E-state index contributed by atoms with van der Waals surface area (Å²) in [6.45, 7) is 8.38. The number of methoxy groups -OCH3 is 1. The first-order valence-electron chi connectivity index (χ1n) is 16.5. The number of piperazine rings is 1. The lowest BCUT2D eigenvalue weighted by Crippen LogP contribution is -2.49. The summed E-state index contributed by atoms with van der Waals surface area (Å²) < 4.78 is 12.1. The minimum absolute atomic E-state index is 0.278. The molecular formula is C37H44BrN7O3.